The van der Waals surface area contributed by atoms with Gasteiger partial charge in [-0.15, -0.1) is 0 Å². The Morgan fingerprint density at radius 3 is 2.24 bits per heavy atom. The Morgan fingerprint density at radius 1 is 0.824 bits per heavy atom. The Hall–Kier alpha value is -0.890. The summed E-state index contributed by atoms with van der Waals surface area (Å²) < 4.78 is 5.46. The van der Waals surface area contributed by atoms with Gasteiger partial charge in [0.15, 0.2) is 6.61 Å². The quantitative estimate of drug-likeness (QED) is 0.701. The molecule has 0 unspecified atom stereocenters. The molecule has 2 aromatic carbocycles. The largest absolute Gasteiger partial charge is 0.480 e. The van der Waals surface area contributed by atoms with Crippen molar-refractivity contribution in [2.24, 2.45) is 0 Å². The number of benzene rings is 2. The molecule has 2 rings (SSSR count). The molecule has 0 amide bonds. The zero-order valence-corrected chi connectivity index (χ0v) is 10.9. The smallest absolute Gasteiger partial charge is 0.165 e. The fourth-order valence-corrected chi connectivity index (χ4v) is 1.83. The second-order valence-electron chi connectivity index (χ2n) is 3.32. The summed E-state index contributed by atoms with van der Waals surface area (Å²) in [7, 11) is 0. The van der Waals surface area contributed by atoms with Gasteiger partial charge in [-0.05, 0) is 17.7 Å². The van der Waals surface area contributed by atoms with Gasteiger partial charge in [0.05, 0.1) is 10.0 Å². The molecule has 1 nitrogen and oxygen atoms in total. The van der Waals surface area contributed by atoms with Crippen LogP contribution in [-0.4, -0.2) is 0 Å². The van der Waals surface area contributed by atoms with Crippen LogP contribution >= 0.6 is 34.8 Å². The van der Waals surface area contributed by atoms with E-state index in [1.54, 1.807) is 18.7 Å². The van der Waals surface area contributed by atoms with Crippen LogP contribution in [0.2, 0.25) is 15.1 Å². The number of rotatable bonds is 3. The van der Waals surface area contributed by atoms with Gasteiger partial charge in [-0.25, -0.2) is 0 Å². The van der Waals surface area contributed by atoms with Crippen molar-refractivity contribution < 1.29 is 4.74 Å². The van der Waals surface area contributed by atoms with Crippen molar-refractivity contribution in [2.45, 2.75) is 0 Å². The first-order valence-corrected chi connectivity index (χ1v) is 6.00. The Labute approximate surface area is 115 Å². The van der Waals surface area contributed by atoms with Gasteiger partial charge in [0.1, 0.15) is 10.8 Å². The van der Waals surface area contributed by atoms with Crippen LogP contribution < -0.4 is 4.74 Å². The fourth-order valence-electron chi connectivity index (χ4n) is 1.26. The van der Waals surface area contributed by atoms with E-state index in [0.29, 0.717) is 20.8 Å². The molecule has 17 heavy (non-hydrogen) atoms. The summed E-state index contributed by atoms with van der Waals surface area (Å²) >= 11 is 17.7. The molecule has 0 bridgehead atoms. The molecule has 0 aromatic heterocycles. The predicted molar refractivity (Wildman–Crippen MR) is 71.9 cm³/mol. The van der Waals surface area contributed by atoms with E-state index in [1.165, 1.54) is 0 Å². The van der Waals surface area contributed by atoms with E-state index in [9.17, 15) is 0 Å². The summed E-state index contributed by atoms with van der Waals surface area (Å²) in [6, 6.07) is 12.9. The minimum absolute atomic E-state index is 0.298. The maximum Gasteiger partial charge on any atom is 0.165 e. The van der Waals surface area contributed by atoms with Crippen LogP contribution in [0.4, 0.5) is 0 Å². The average Bonchev–Trinajstić information content (AvgIpc) is 2.36. The summed E-state index contributed by atoms with van der Waals surface area (Å²) in [6.07, 6.45) is 0. The van der Waals surface area contributed by atoms with Gasteiger partial charge >= 0.3 is 0 Å². The van der Waals surface area contributed by atoms with Gasteiger partial charge in [-0.3, -0.25) is 0 Å². The van der Waals surface area contributed by atoms with E-state index < -0.39 is 0 Å². The second-order valence-corrected chi connectivity index (χ2v) is 4.48. The predicted octanol–water partition coefficient (Wildman–Crippen LogP) is 5.24. The summed E-state index contributed by atoms with van der Waals surface area (Å²) in [5.41, 5.74) is 0.939. The first-order valence-electron chi connectivity index (χ1n) is 4.87. The lowest BCUT2D eigenvalue weighted by atomic mass is 10.2. The molecule has 0 N–H and O–H groups in total. The molecule has 0 saturated heterocycles. The van der Waals surface area contributed by atoms with Crippen molar-refractivity contribution in [3.63, 3.8) is 0 Å². The first kappa shape index (κ1) is 12.6. The Morgan fingerprint density at radius 2 is 1.53 bits per heavy atom. The highest BCUT2D eigenvalue weighted by Crippen LogP contribution is 2.37. The third kappa shape index (κ3) is 3.06. The third-order valence-corrected chi connectivity index (χ3v) is 3.40. The SMILES string of the molecule is Clc1ccc(O[CH]c2ccccc2)c(Cl)c1Cl. The fraction of sp³-hybridized carbons (Fsp3) is 0. The third-order valence-electron chi connectivity index (χ3n) is 2.12. The molecule has 0 heterocycles. The van der Waals surface area contributed by atoms with Crippen molar-refractivity contribution in [1.82, 2.24) is 0 Å². The van der Waals surface area contributed by atoms with Gasteiger partial charge in [0.2, 0.25) is 0 Å². The highest BCUT2D eigenvalue weighted by Gasteiger charge is 2.09. The maximum absolute atomic E-state index is 6.00. The van der Waals surface area contributed by atoms with Gasteiger partial charge in [-0.1, -0.05) is 65.1 Å². The minimum atomic E-state index is 0.298. The number of hydrogen-bond donors (Lipinski definition) is 0. The van der Waals surface area contributed by atoms with Crippen LogP contribution in [0.3, 0.4) is 0 Å². The number of ether oxygens (including phenoxy) is 1. The minimum Gasteiger partial charge on any atom is -0.480 e. The summed E-state index contributed by atoms with van der Waals surface area (Å²) in [5.74, 6) is 0.477. The summed E-state index contributed by atoms with van der Waals surface area (Å²) in [4.78, 5) is 0. The molecule has 87 valence electrons. The zero-order chi connectivity index (χ0) is 12.3. The Balaban J connectivity index is 2.13. The lowest BCUT2D eigenvalue weighted by Gasteiger charge is -2.08. The Kier molecular flexibility index (Phi) is 4.16. The lowest BCUT2D eigenvalue weighted by molar-refractivity contribution is 0.429. The van der Waals surface area contributed by atoms with Crippen molar-refractivity contribution in [3.8, 4) is 5.75 Å². The van der Waals surface area contributed by atoms with Gasteiger partial charge in [0.25, 0.3) is 0 Å². The van der Waals surface area contributed by atoms with E-state index in [0.717, 1.165) is 5.56 Å². The van der Waals surface area contributed by atoms with E-state index in [2.05, 4.69) is 0 Å². The van der Waals surface area contributed by atoms with E-state index in [1.807, 2.05) is 30.3 Å². The van der Waals surface area contributed by atoms with Gasteiger partial charge in [-0.2, -0.15) is 0 Å². The molecular formula is C13H8Cl3O. The normalized spacial score (nSPS) is 10.3. The van der Waals surface area contributed by atoms with Crippen molar-refractivity contribution in [3.05, 3.63) is 69.7 Å². The van der Waals surface area contributed by atoms with Crippen LogP contribution in [0.5, 0.6) is 5.75 Å². The standard InChI is InChI=1S/C13H8Cl3O/c14-10-6-7-11(13(16)12(10)15)17-8-9-4-2-1-3-5-9/h1-8H. The average molecular weight is 287 g/mol. The van der Waals surface area contributed by atoms with Crippen LogP contribution in [-0.2, 0) is 0 Å². The van der Waals surface area contributed by atoms with Crippen LogP contribution in [0.15, 0.2) is 42.5 Å². The summed E-state index contributed by atoms with van der Waals surface area (Å²) in [6.45, 7) is 1.60. The van der Waals surface area contributed by atoms with Crippen molar-refractivity contribution in [1.29, 1.82) is 0 Å². The monoisotopic (exact) mass is 285 g/mol. The van der Waals surface area contributed by atoms with Crippen LogP contribution in [0, 0.1) is 6.61 Å². The van der Waals surface area contributed by atoms with Crippen LogP contribution in [0.1, 0.15) is 5.56 Å². The molecule has 0 aliphatic rings. The van der Waals surface area contributed by atoms with E-state index in [4.69, 9.17) is 39.5 Å². The molecule has 2 aromatic rings. The zero-order valence-electron chi connectivity index (χ0n) is 8.66. The lowest BCUT2D eigenvalue weighted by Crippen LogP contribution is -1.93. The topological polar surface area (TPSA) is 9.23 Å². The molecule has 1 radical (unpaired) electrons. The van der Waals surface area contributed by atoms with Crippen molar-refractivity contribution in [2.75, 3.05) is 0 Å². The van der Waals surface area contributed by atoms with Gasteiger partial charge in [0, 0.05) is 0 Å². The molecule has 0 atom stereocenters. The van der Waals surface area contributed by atoms with E-state index >= 15 is 0 Å². The van der Waals surface area contributed by atoms with Gasteiger partial charge < -0.3 is 4.74 Å². The molecule has 4 heteroatoms. The molecule has 0 fully saturated rings. The number of halogens is 3. The number of hydrogen-bond acceptors (Lipinski definition) is 1. The molecule has 0 aliphatic carbocycles. The molecule has 0 spiro atoms. The van der Waals surface area contributed by atoms with E-state index in [-0.39, 0.29) is 0 Å². The molecular weight excluding hydrogens is 279 g/mol. The van der Waals surface area contributed by atoms with Crippen LogP contribution in [0.25, 0.3) is 0 Å². The Bertz CT molecular complexity index is 512. The second kappa shape index (κ2) is 5.63. The first-order chi connectivity index (χ1) is 8.18. The van der Waals surface area contributed by atoms with Crippen molar-refractivity contribution >= 4 is 34.8 Å². The summed E-state index contributed by atoms with van der Waals surface area (Å²) in [5, 5.41) is 1.02. The molecule has 0 saturated carbocycles. The highest BCUT2D eigenvalue weighted by molar-refractivity contribution is 6.48. The maximum atomic E-state index is 6.00. The highest BCUT2D eigenvalue weighted by atomic mass is 35.5. The molecule has 0 aliphatic heterocycles.